The molecule has 0 aliphatic heterocycles. The fourth-order valence-electron chi connectivity index (χ4n) is 2.14. The number of nitrogens with one attached hydrogen (secondary N) is 2. The zero-order valence-corrected chi connectivity index (χ0v) is 10.8. The van der Waals surface area contributed by atoms with Crippen LogP contribution in [0.3, 0.4) is 0 Å². The van der Waals surface area contributed by atoms with Crippen molar-refractivity contribution in [3.05, 3.63) is 11.4 Å². The molecule has 0 atom stereocenters. The quantitative estimate of drug-likeness (QED) is 0.724. The summed E-state index contributed by atoms with van der Waals surface area (Å²) in [5.74, 6) is -0.205. The van der Waals surface area contributed by atoms with Crippen LogP contribution in [0.4, 0.5) is 5.69 Å². The van der Waals surface area contributed by atoms with Crippen molar-refractivity contribution in [1.29, 1.82) is 0 Å². The second-order valence-corrected chi connectivity index (χ2v) is 4.54. The maximum Gasteiger partial charge on any atom is 0.274 e. The molecular formula is C12H20N4O2. The van der Waals surface area contributed by atoms with E-state index in [1.54, 1.807) is 0 Å². The van der Waals surface area contributed by atoms with Crippen molar-refractivity contribution in [2.24, 2.45) is 0 Å². The third kappa shape index (κ3) is 2.48. The molecule has 1 heterocycles. The number of ether oxygens (including phenoxy) is 1. The average Bonchev–Trinajstić information content (AvgIpc) is 2.67. The van der Waals surface area contributed by atoms with Crippen molar-refractivity contribution in [2.45, 2.75) is 45.3 Å². The third-order valence-electron chi connectivity index (χ3n) is 3.28. The fourth-order valence-corrected chi connectivity index (χ4v) is 2.14. The van der Waals surface area contributed by atoms with Crippen LogP contribution < -0.4 is 11.1 Å². The summed E-state index contributed by atoms with van der Waals surface area (Å²) >= 11 is 0. The lowest BCUT2D eigenvalue weighted by atomic mass is 9.89. The topological polar surface area (TPSA) is 93.0 Å². The Bertz CT molecular complexity index is 424. The number of H-pyrrole nitrogens is 1. The molecule has 0 radical (unpaired) electrons. The molecule has 18 heavy (non-hydrogen) atoms. The van der Waals surface area contributed by atoms with Gasteiger partial charge < -0.3 is 15.8 Å². The lowest BCUT2D eigenvalue weighted by molar-refractivity contribution is -0.00866. The first-order chi connectivity index (χ1) is 8.65. The van der Waals surface area contributed by atoms with Gasteiger partial charge in [0.05, 0.1) is 17.5 Å². The molecule has 1 aliphatic carbocycles. The minimum atomic E-state index is -0.205. The van der Waals surface area contributed by atoms with Gasteiger partial charge in [-0.2, -0.15) is 5.10 Å². The zero-order valence-electron chi connectivity index (χ0n) is 10.8. The predicted molar refractivity (Wildman–Crippen MR) is 68.3 cm³/mol. The number of aromatic amines is 1. The van der Waals surface area contributed by atoms with Gasteiger partial charge in [0, 0.05) is 12.6 Å². The maximum absolute atomic E-state index is 11.9. The van der Waals surface area contributed by atoms with Crippen LogP contribution in [-0.4, -0.2) is 34.9 Å². The first-order valence-electron chi connectivity index (χ1n) is 6.40. The molecule has 0 bridgehead atoms. The van der Waals surface area contributed by atoms with E-state index in [0.29, 0.717) is 11.4 Å². The number of rotatable bonds is 5. The molecule has 0 unspecified atom stereocenters. The number of hydrogen-bond acceptors (Lipinski definition) is 4. The van der Waals surface area contributed by atoms with Gasteiger partial charge in [-0.3, -0.25) is 9.89 Å². The molecule has 0 saturated heterocycles. The smallest absolute Gasteiger partial charge is 0.274 e. The number of amides is 1. The van der Waals surface area contributed by atoms with Crippen LogP contribution in [0.2, 0.25) is 0 Å². The number of hydrogen-bond donors (Lipinski definition) is 3. The van der Waals surface area contributed by atoms with Gasteiger partial charge in [0.1, 0.15) is 0 Å². The summed E-state index contributed by atoms with van der Waals surface area (Å²) < 4.78 is 5.44. The molecule has 1 aliphatic rings. The Morgan fingerprint density at radius 2 is 2.28 bits per heavy atom. The first-order valence-corrected chi connectivity index (χ1v) is 6.40. The van der Waals surface area contributed by atoms with E-state index >= 15 is 0 Å². The molecule has 6 heteroatoms. The van der Waals surface area contributed by atoms with Crippen LogP contribution in [0.15, 0.2) is 0 Å². The predicted octanol–water partition coefficient (Wildman–Crippen LogP) is 0.852. The molecule has 4 N–H and O–H groups in total. The van der Waals surface area contributed by atoms with Crippen LogP contribution in [0.1, 0.15) is 42.9 Å². The maximum atomic E-state index is 11.9. The molecule has 0 aromatic carbocycles. The monoisotopic (exact) mass is 252 g/mol. The van der Waals surface area contributed by atoms with Gasteiger partial charge >= 0.3 is 0 Å². The van der Waals surface area contributed by atoms with Crippen molar-refractivity contribution in [1.82, 2.24) is 15.5 Å². The molecule has 6 nitrogen and oxygen atoms in total. The zero-order chi connectivity index (χ0) is 13.1. The Balaban J connectivity index is 1.87. The Kier molecular flexibility index (Phi) is 3.86. The molecule has 1 amide bonds. The summed E-state index contributed by atoms with van der Waals surface area (Å²) in [5.41, 5.74) is 7.40. The summed E-state index contributed by atoms with van der Waals surface area (Å²) in [6.45, 7) is 4.66. The molecule has 2 rings (SSSR count). The van der Waals surface area contributed by atoms with Gasteiger partial charge in [0.15, 0.2) is 5.69 Å². The van der Waals surface area contributed by atoms with Gasteiger partial charge in [-0.05, 0) is 26.2 Å². The van der Waals surface area contributed by atoms with E-state index in [0.717, 1.165) is 31.6 Å². The minimum Gasteiger partial charge on any atom is -0.395 e. The van der Waals surface area contributed by atoms with Crippen molar-refractivity contribution >= 4 is 11.6 Å². The number of aryl methyl sites for hydroxylation is 1. The number of aromatic nitrogens is 2. The van der Waals surface area contributed by atoms with Crippen LogP contribution in [0.25, 0.3) is 0 Å². The van der Waals surface area contributed by atoms with E-state index in [1.807, 2.05) is 13.8 Å². The van der Waals surface area contributed by atoms with Crippen LogP contribution in [0.5, 0.6) is 0 Å². The lowest BCUT2D eigenvalue weighted by Crippen LogP contribution is -2.48. The largest absolute Gasteiger partial charge is 0.395 e. The second-order valence-electron chi connectivity index (χ2n) is 4.54. The Hall–Kier alpha value is -1.56. The van der Waals surface area contributed by atoms with Gasteiger partial charge in [0.25, 0.3) is 5.91 Å². The number of carbonyl (C=O) groups excluding carboxylic acids is 1. The number of anilines is 1. The van der Waals surface area contributed by atoms with Crippen molar-refractivity contribution < 1.29 is 9.53 Å². The minimum absolute atomic E-state index is 0.176. The van der Waals surface area contributed by atoms with Gasteiger partial charge in [-0.1, -0.05) is 6.92 Å². The number of nitrogen functional groups attached to an aromatic ring is 1. The summed E-state index contributed by atoms with van der Waals surface area (Å²) in [6.07, 6.45) is 2.75. The summed E-state index contributed by atoms with van der Waals surface area (Å²) in [6, 6.07) is 0.176. The number of nitrogens with zero attached hydrogens (tertiary/aromatic N) is 1. The average molecular weight is 252 g/mol. The summed E-state index contributed by atoms with van der Waals surface area (Å²) in [5, 5.41) is 9.66. The summed E-state index contributed by atoms with van der Waals surface area (Å²) in [7, 11) is 0. The Morgan fingerprint density at radius 1 is 1.56 bits per heavy atom. The standard InChI is InChI=1S/C12H20N4O2/c1-3-9-10(13)11(16-15-9)12(17)14-7-5-8(6-7)18-4-2/h7-8H,3-6,13H2,1-2H3,(H,14,17)(H,15,16). The number of nitrogens with two attached hydrogens (primary N) is 1. The van der Waals surface area contributed by atoms with E-state index in [2.05, 4.69) is 15.5 Å². The third-order valence-corrected chi connectivity index (χ3v) is 3.28. The molecule has 1 saturated carbocycles. The van der Waals surface area contributed by atoms with Crippen molar-refractivity contribution in [3.63, 3.8) is 0 Å². The highest BCUT2D eigenvalue weighted by Gasteiger charge is 2.31. The normalized spacial score (nSPS) is 22.6. The summed E-state index contributed by atoms with van der Waals surface area (Å²) in [4.78, 5) is 11.9. The highest BCUT2D eigenvalue weighted by atomic mass is 16.5. The molecule has 0 spiro atoms. The molecule has 1 fully saturated rings. The molecule has 1 aromatic heterocycles. The Morgan fingerprint density at radius 3 is 2.83 bits per heavy atom. The van der Waals surface area contributed by atoms with E-state index in [9.17, 15) is 4.79 Å². The van der Waals surface area contributed by atoms with Crippen LogP contribution in [-0.2, 0) is 11.2 Å². The highest BCUT2D eigenvalue weighted by Crippen LogP contribution is 2.24. The van der Waals surface area contributed by atoms with E-state index in [1.165, 1.54) is 0 Å². The molecule has 100 valence electrons. The number of carbonyl (C=O) groups is 1. The van der Waals surface area contributed by atoms with E-state index in [4.69, 9.17) is 10.5 Å². The van der Waals surface area contributed by atoms with E-state index < -0.39 is 0 Å². The fraction of sp³-hybridized carbons (Fsp3) is 0.667. The molecular weight excluding hydrogens is 232 g/mol. The van der Waals surface area contributed by atoms with Gasteiger partial charge in [-0.25, -0.2) is 0 Å². The lowest BCUT2D eigenvalue weighted by Gasteiger charge is -2.35. The first kappa shape index (κ1) is 12.9. The molecule has 1 aromatic rings. The van der Waals surface area contributed by atoms with Crippen molar-refractivity contribution in [2.75, 3.05) is 12.3 Å². The second kappa shape index (κ2) is 5.39. The van der Waals surface area contributed by atoms with Gasteiger partial charge in [-0.15, -0.1) is 0 Å². The van der Waals surface area contributed by atoms with Gasteiger partial charge in [0.2, 0.25) is 0 Å². The Labute approximate surface area is 106 Å². The van der Waals surface area contributed by atoms with E-state index in [-0.39, 0.29) is 18.1 Å². The SMILES string of the molecule is CCOC1CC(NC(=O)c2n[nH]c(CC)c2N)C1. The van der Waals surface area contributed by atoms with Crippen LogP contribution in [0, 0.1) is 0 Å². The highest BCUT2D eigenvalue weighted by molar-refractivity contribution is 5.97. The van der Waals surface area contributed by atoms with Crippen LogP contribution >= 0.6 is 0 Å². The van der Waals surface area contributed by atoms with Crippen molar-refractivity contribution in [3.8, 4) is 0 Å².